The van der Waals surface area contributed by atoms with E-state index in [-0.39, 0.29) is 23.4 Å². The predicted octanol–water partition coefficient (Wildman–Crippen LogP) is 0.0579. The number of carbonyl (C=O) groups excluding carboxylic acids is 1. The molecule has 0 aromatic rings. The largest absolute Gasteiger partial charge is 0.386 e. The molecule has 0 radical (unpaired) electrons. The topological polar surface area (TPSA) is 49.3 Å². The molecule has 1 aliphatic rings. The third-order valence-corrected chi connectivity index (χ3v) is 2.00. The van der Waals surface area contributed by atoms with E-state index in [1.165, 1.54) is 0 Å². The average Bonchev–Trinajstić information content (AvgIpc) is 2.17. The number of aliphatic hydroxyl groups excluding tert-OH is 1. The number of hydrogen-bond donors (Lipinski definition) is 2. The van der Waals surface area contributed by atoms with Gasteiger partial charge < -0.3 is 10.4 Å². The first-order valence-electron chi connectivity index (χ1n) is 3.71. The maximum absolute atomic E-state index is 10.9. The van der Waals surface area contributed by atoms with Gasteiger partial charge in [-0.1, -0.05) is 20.4 Å². The van der Waals surface area contributed by atoms with E-state index in [0.717, 1.165) is 0 Å². The lowest BCUT2D eigenvalue weighted by Crippen LogP contribution is -2.36. The molecule has 0 aliphatic carbocycles. The molecule has 0 aromatic carbocycles. The maximum Gasteiger partial charge on any atom is 0.249 e. The van der Waals surface area contributed by atoms with Crippen LogP contribution in [0.25, 0.3) is 0 Å². The molecule has 3 heteroatoms. The Morgan fingerprint density at radius 2 is 2.18 bits per heavy atom. The van der Waals surface area contributed by atoms with Gasteiger partial charge in [-0.25, -0.2) is 0 Å². The molecule has 1 rings (SSSR count). The van der Waals surface area contributed by atoms with Crippen LogP contribution >= 0.6 is 0 Å². The van der Waals surface area contributed by atoms with E-state index in [4.69, 9.17) is 0 Å². The van der Waals surface area contributed by atoms with E-state index in [9.17, 15) is 9.90 Å². The number of hydrogen-bond acceptors (Lipinski definition) is 2. The van der Waals surface area contributed by atoms with Crippen molar-refractivity contribution in [3.05, 3.63) is 12.2 Å². The minimum Gasteiger partial charge on any atom is -0.386 e. The Kier molecular flexibility index (Phi) is 2.00. The molecule has 0 spiro atoms. The summed E-state index contributed by atoms with van der Waals surface area (Å²) in [6.45, 7) is 7.39. The van der Waals surface area contributed by atoms with E-state index in [0.29, 0.717) is 0 Å². The first-order chi connectivity index (χ1) is 5.04. The number of aliphatic hydroxyl groups is 1. The molecule has 1 amide bonds. The van der Waals surface area contributed by atoms with Crippen molar-refractivity contribution in [1.29, 1.82) is 0 Å². The fraction of sp³-hybridized carbons (Fsp3) is 0.625. The Morgan fingerprint density at radius 3 is 2.36 bits per heavy atom. The lowest BCUT2D eigenvalue weighted by Gasteiger charge is -2.17. The minimum absolute atomic E-state index is 0.157. The summed E-state index contributed by atoms with van der Waals surface area (Å²) in [6, 6.07) is -0.157. The summed E-state index contributed by atoms with van der Waals surface area (Å²) in [5.41, 5.74) is 0.281. The fourth-order valence-electron chi connectivity index (χ4n) is 1.21. The maximum atomic E-state index is 10.9. The van der Waals surface area contributed by atoms with Crippen LogP contribution in [-0.4, -0.2) is 23.2 Å². The van der Waals surface area contributed by atoms with Gasteiger partial charge in [-0.15, -0.1) is 0 Å². The van der Waals surface area contributed by atoms with E-state index >= 15 is 0 Å². The van der Waals surface area contributed by atoms with Gasteiger partial charge in [0.1, 0.15) is 6.10 Å². The molecular weight excluding hydrogens is 142 g/mol. The quantitative estimate of drug-likeness (QED) is 0.526. The fourth-order valence-corrected chi connectivity index (χ4v) is 1.21. The summed E-state index contributed by atoms with van der Waals surface area (Å²) >= 11 is 0. The molecule has 2 atom stereocenters. The van der Waals surface area contributed by atoms with Crippen LogP contribution in [0.5, 0.6) is 0 Å². The molecule has 1 heterocycles. The van der Waals surface area contributed by atoms with Crippen molar-refractivity contribution in [2.24, 2.45) is 5.92 Å². The molecule has 62 valence electrons. The normalized spacial score (nSPS) is 31.3. The van der Waals surface area contributed by atoms with Gasteiger partial charge in [0.2, 0.25) is 5.91 Å². The van der Waals surface area contributed by atoms with Gasteiger partial charge in [-0.2, -0.15) is 0 Å². The second kappa shape index (κ2) is 2.66. The van der Waals surface area contributed by atoms with Gasteiger partial charge in [-0.3, -0.25) is 4.79 Å². The zero-order valence-corrected chi connectivity index (χ0v) is 6.79. The van der Waals surface area contributed by atoms with Crippen molar-refractivity contribution in [3.8, 4) is 0 Å². The summed E-state index contributed by atoms with van der Waals surface area (Å²) in [6.07, 6.45) is -0.706. The zero-order chi connectivity index (χ0) is 8.59. The first-order valence-corrected chi connectivity index (χ1v) is 3.71. The first kappa shape index (κ1) is 8.27. The molecule has 1 aliphatic heterocycles. The molecule has 0 bridgehead atoms. The standard InChI is InChI=1S/C8H13NO2/c1-4(2)6-7(10)5(3)8(11)9-6/h4,6-7,10H,3H2,1-2H3,(H,9,11)/t6-,7-/m0/s1. The van der Waals surface area contributed by atoms with E-state index in [1.807, 2.05) is 13.8 Å². The summed E-state index contributed by atoms with van der Waals surface area (Å²) in [7, 11) is 0. The van der Waals surface area contributed by atoms with Crippen LogP contribution in [0.3, 0.4) is 0 Å². The van der Waals surface area contributed by atoms with Gasteiger partial charge in [0.25, 0.3) is 0 Å². The van der Waals surface area contributed by atoms with Crippen LogP contribution in [0.4, 0.5) is 0 Å². The third-order valence-electron chi connectivity index (χ3n) is 2.00. The second-order valence-electron chi connectivity index (χ2n) is 3.21. The average molecular weight is 155 g/mol. The number of nitrogens with one attached hydrogen (secondary N) is 1. The zero-order valence-electron chi connectivity index (χ0n) is 6.79. The van der Waals surface area contributed by atoms with Crippen LogP contribution < -0.4 is 5.32 Å². The van der Waals surface area contributed by atoms with Crippen LogP contribution in [0.1, 0.15) is 13.8 Å². The predicted molar refractivity (Wildman–Crippen MR) is 41.9 cm³/mol. The summed E-state index contributed by atoms with van der Waals surface area (Å²) in [5, 5.41) is 12.1. The van der Waals surface area contributed by atoms with E-state index in [1.54, 1.807) is 0 Å². The SMILES string of the molecule is C=C1C(=O)N[C@@H](C(C)C)[C@H]1O. The third kappa shape index (κ3) is 1.28. The van der Waals surface area contributed by atoms with Gasteiger partial charge in [0.05, 0.1) is 6.04 Å². The van der Waals surface area contributed by atoms with Crippen LogP contribution in [0.15, 0.2) is 12.2 Å². The molecule has 1 fully saturated rings. The van der Waals surface area contributed by atoms with Crippen molar-refractivity contribution in [2.75, 3.05) is 0 Å². The highest BCUT2D eigenvalue weighted by molar-refractivity contribution is 5.96. The Labute approximate surface area is 66.1 Å². The number of carbonyl (C=O) groups is 1. The van der Waals surface area contributed by atoms with E-state index in [2.05, 4.69) is 11.9 Å². The Balaban J connectivity index is 2.75. The molecule has 0 unspecified atom stereocenters. The molecule has 3 nitrogen and oxygen atoms in total. The number of amides is 1. The molecule has 2 N–H and O–H groups in total. The van der Waals surface area contributed by atoms with Gasteiger partial charge in [-0.05, 0) is 5.92 Å². The van der Waals surface area contributed by atoms with Crippen molar-refractivity contribution < 1.29 is 9.90 Å². The minimum atomic E-state index is -0.706. The smallest absolute Gasteiger partial charge is 0.249 e. The summed E-state index contributed by atoms with van der Waals surface area (Å²) in [5.74, 6) is 0.0180. The van der Waals surface area contributed by atoms with Crippen molar-refractivity contribution in [1.82, 2.24) is 5.32 Å². The Bertz CT molecular complexity index is 198. The van der Waals surface area contributed by atoms with Crippen LogP contribution in [0, 0.1) is 5.92 Å². The highest BCUT2D eigenvalue weighted by atomic mass is 16.3. The lowest BCUT2D eigenvalue weighted by molar-refractivity contribution is -0.116. The monoisotopic (exact) mass is 155 g/mol. The Morgan fingerprint density at radius 1 is 1.64 bits per heavy atom. The highest BCUT2D eigenvalue weighted by Crippen LogP contribution is 2.19. The lowest BCUT2D eigenvalue weighted by atomic mass is 9.99. The van der Waals surface area contributed by atoms with E-state index < -0.39 is 6.10 Å². The number of rotatable bonds is 1. The second-order valence-corrected chi connectivity index (χ2v) is 3.21. The van der Waals surface area contributed by atoms with Crippen molar-refractivity contribution in [3.63, 3.8) is 0 Å². The summed E-state index contributed by atoms with van der Waals surface area (Å²) in [4.78, 5) is 10.9. The molecular formula is C8H13NO2. The molecule has 11 heavy (non-hydrogen) atoms. The highest BCUT2D eigenvalue weighted by Gasteiger charge is 2.35. The van der Waals surface area contributed by atoms with Gasteiger partial charge in [0, 0.05) is 5.57 Å². The molecule has 0 aromatic heterocycles. The molecule has 1 saturated heterocycles. The van der Waals surface area contributed by atoms with Crippen LogP contribution in [0.2, 0.25) is 0 Å². The van der Waals surface area contributed by atoms with Crippen molar-refractivity contribution in [2.45, 2.75) is 26.0 Å². The Hall–Kier alpha value is -0.830. The van der Waals surface area contributed by atoms with Gasteiger partial charge >= 0.3 is 0 Å². The molecule has 0 saturated carbocycles. The van der Waals surface area contributed by atoms with Crippen molar-refractivity contribution >= 4 is 5.91 Å². The summed E-state index contributed by atoms with van der Waals surface area (Å²) < 4.78 is 0. The van der Waals surface area contributed by atoms with Crippen LogP contribution in [-0.2, 0) is 4.79 Å². The van der Waals surface area contributed by atoms with Gasteiger partial charge in [0.15, 0.2) is 0 Å².